The lowest BCUT2D eigenvalue weighted by atomic mass is 10.2. The van der Waals surface area contributed by atoms with Gasteiger partial charge in [0, 0.05) is 4.90 Å². The summed E-state index contributed by atoms with van der Waals surface area (Å²) in [6, 6.07) is 7.00. The number of hydrogen-bond donors (Lipinski definition) is 1. The van der Waals surface area contributed by atoms with Crippen molar-refractivity contribution in [1.29, 1.82) is 0 Å². The fraction of sp³-hybridized carbons (Fsp3) is 0.0769. The highest BCUT2D eigenvalue weighted by molar-refractivity contribution is 7.99. The van der Waals surface area contributed by atoms with Gasteiger partial charge < -0.3 is 5.11 Å². The smallest absolute Gasteiger partial charge is 0.137 e. The molecule has 0 amide bonds. The highest BCUT2D eigenvalue weighted by atomic mass is 32.2. The van der Waals surface area contributed by atoms with E-state index >= 15 is 0 Å². The van der Waals surface area contributed by atoms with Crippen LogP contribution in [-0.2, 0) is 6.61 Å². The molecule has 0 bridgehead atoms. The fourth-order valence-electron chi connectivity index (χ4n) is 1.45. The van der Waals surface area contributed by atoms with Crippen LogP contribution in [0.1, 0.15) is 5.56 Å². The molecule has 94 valence electrons. The van der Waals surface area contributed by atoms with Crippen LogP contribution in [0.2, 0.25) is 0 Å². The summed E-state index contributed by atoms with van der Waals surface area (Å²) >= 11 is 0.906. The van der Waals surface area contributed by atoms with Crippen LogP contribution in [0.4, 0.5) is 13.2 Å². The molecule has 5 heteroatoms. The average Bonchev–Trinajstić information content (AvgIpc) is 2.33. The first kappa shape index (κ1) is 13.0. The van der Waals surface area contributed by atoms with Crippen molar-refractivity contribution in [2.24, 2.45) is 0 Å². The van der Waals surface area contributed by atoms with Gasteiger partial charge in [-0.3, -0.25) is 0 Å². The van der Waals surface area contributed by atoms with Crippen LogP contribution in [0.15, 0.2) is 46.2 Å². The number of rotatable bonds is 3. The summed E-state index contributed by atoms with van der Waals surface area (Å²) in [7, 11) is 0. The van der Waals surface area contributed by atoms with Gasteiger partial charge in [0.2, 0.25) is 0 Å². The molecule has 0 saturated heterocycles. The maximum Gasteiger partial charge on any atom is 0.137 e. The summed E-state index contributed by atoms with van der Waals surface area (Å²) in [5.74, 6) is -1.66. The first-order valence-corrected chi connectivity index (χ1v) is 5.93. The van der Waals surface area contributed by atoms with E-state index in [1.54, 1.807) is 0 Å². The Morgan fingerprint density at radius 3 is 2.44 bits per heavy atom. The Morgan fingerprint density at radius 1 is 0.944 bits per heavy atom. The monoisotopic (exact) mass is 270 g/mol. The summed E-state index contributed by atoms with van der Waals surface area (Å²) in [6.07, 6.45) is 0. The predicted molar refractivity (Wildman–Crippen MR) is 62.8 cm³/mol. The SMILES string of the molecule is OCc1cc(F)cc(Sc2cc(F)ccc2F)c1. The van der Waals surface area contributed by atoms with E-state index in [4.69, 9.17) is 5.11 Å². The molecule has 0 aliphatic rings. The Hall–Kier alpha value is -1.46. The van der Waals surface area contributed by atoms with Crippen LogP contribution in [0.5, 0.6) is 0 Å². The van der Waals surface area contributed by atoms with Crippen molar-refractivity contribution in [1.82, 2.24) is 0 Å². The van der Waals surface area contributed by atoms with E-state index in [1.807, 2.05) is 0 Å². The number of benzene rings is 2. The molecule has 18 heavy (non-hydrogen) atoms. The Kier molecular flexibility index (Phi) is 3.93. The predicted octanol–water partition coefficient (Wildman–Crippen LogP) is 3.75. The van der Waals surface area contributed by atoms with E-state index in [9.17, 15) is 13.2 Å². The van der Waals surface area contributed by atoms with Gasteiger partial charge in [0.1, 0.15) is 17.5 Å². The van der Waals surface area contributed by atoms with Crippen molar-refractivity contribution in [3.05, 3.63) is 59.4 Å². The number of halogens is 3. The second-order valence-corrected chi connectivity index (χ2v) is 4.75. The van der Waals surface area contributed by atoms with E-state index in [2.05, 4.69) is 0 Å². The van der Waals surface area contributed by atoms with Crippen molar-refractivity contribution >= 4 is 11.8 Å². The van der Waals surface area contributed by atoms with E-state index < -0.39 is 17.5 Å². The van der Waals surface area contributed by atoms with Gasteiger partial charge in [-0.2, -0.15) is 0 Å². The lowest BCUT2D eigenvalue weighted by Gasteiger charge is -2.05. The topological polar surface area (TPSA) is 20.2 Å². The standard InChI is InChI=1S/C13H9F3OS/c14-9-1-2-12(16)13(6-9)18-11-4-8(7-17)3-10(15)5-11/h1-6,17H,7H2. The molecule has 0 aromatic heterocycles. The quantitative estimate of drug-likeness (QED) is 0.916. The number of aliphatic hydroxyl groups is 1. The summed E-state index contributed by atoms with van der Waals surface area (Å²) < 4.78 is 39.6. The zero-order valence-electron chi connectivity index (χ0n) is 9.16. The van der Waals surface area contributed by atoms with Gasteiger partial charge in [-0.05, 0) is 42.0 Å². The molecule has 0 aliphatic heterocycles. The first-order valence-electron chi connectivity index (χ1n) is 5.12. The van der Waals surface area contributed by atoms with Crippen LogP contribution in [0.25, 0.3) is 0 Å². The highest BCUT2D eigenvalue weighted by Crippen LogP contribution is 2.31. The Labute approximate surface area is 106 Å². The van der Waals surface area contributed by atoms with Gasteiger partial charge in [0.15, 0.2) is 0 Å². The summed E-state index contributed by atoms with van der Waals surface area (Å²) in [5.41, 5.74) is 0.384. The van der Waals surface area contributed by atoms with E-state index in [0.29, 0.717) is 10.5 Å². The molecule has 2 aromatic carbocycles. The van der Waals surface area contributed by atoms with E-state index in [-0.39, 0.29) is 11.5 Å². The van der Waals surface area contributed by atoms with Crippen molar-refractivity contribution in [2.75, 3.05) is 0 Å². The molecular weight excluding hydrogens is 261 g/mol. The van der Waals surface area contributed by atoms with Gasteiger partial charge in [-0.1, -0.05) is 11.8 Å². The third-order valence-electron chi connectivity index (χ3n) is 2.23. The largest absolute Gasteiger partial charge is 0.392 e. The third-order valence-corrected chi connectivity index (χ3v) is 3.24. The molecule has 0 saturated carbocycles. The molecular formula is C13H9F3OS. The normalized spacial score (nSPS) is 10.7. The maximum atomic E-state index is 13.4. The average molecular weight is 270 g/mol. The van der Waals surface area contributed by atoms with Gasteiger partial charge in [-0.25, -0.2) is 13.2 Å². The van der Waals surface area contributed by atoms with Crippen molar-refractivity contribution in [3.8, 4) is 0 Å². The van der Waals surface area contributed by atoms with Crippen LogP contribution in [0, 0.1) is 17.5 Å². The van der Waals surface area contributed by atoms with Gasteiger partial charge in [0.05, 0.1) is 11.5 Å². The summed E-state index contributed by atoms with van der Waals surface area (Å²) in [5, 5.41) is 8.94. The van der Waals surface area contributed by atoms with Gasteiger partial charge in [-0.15, -0.1) is 0 Å². The Bertz CT molecular complexity index is 572. The number of hydrogen-bond acceptors (Lipinski definition) is 2. The molecule has 1 N–H and O–H groups in total. The minimum absolute atomic E-state index is 0.0736. The minimum Gasteiger partial charge on any atom is -0.392 e. The van der Waals surface area contributed by atoms with Gasteiger partial charge in [0.25, 0.3) is 0 Å². The van der Waals surface area contributed by atoms with Crippen LogP contribution < -0.4 is 0 Å². The summed E-state index contributed by atoms with van der Waals surface area (Å²) in [6.45, 7) is -0.309. The zero-order valence-corrected chi connectivity index (χ0v) is 9.98. The molecule has 0 radical (unpaired) electrons. The summed E-state index contributed by atoms with van der Waals surface area (Å²) in [4.78, 5) is 0.480. The lowest BCUT2D eigenvalue weighted by Crippen LogP contribution is -1.88. The van der Waals surface area contributed by atoms with Crippen molar-refractivity contribution in [3.63, 3.8) is 0 Å². The molecule has 1 nitrogen and oxygen atoms in total. The van der Waals surface area contributed by atoms with E-state index in [1.165, 1.54) is 18.2 Å². The van der Waals surface area contributed by atoms with Crippen LogP contribution in [0.3, 0.4) is 0 Å². The molecule has 2 rings (SSSR count). The van der Waals surface area contributed by atoms with Crippen molar-refractivity contribution < 1.29 is 18.3 Å². The molecule has 0 heterocycles. The third kappa shape index (κ3) is 3.05. The van der Waals surface area contributed by atoms with Crippen LogP contribution >= 0.6 is 11.8 Å². The highest BCUT2D eigenvalue weighted by Gasteiger charge is 2.08. The molecule has 0 unspecified atom stereocenters. The van der Waals surface area contributed by atoms with Crippen LogP contribution in [-0.4, -0.2) is 5.11 Å². The first-order chi connectivity index (χ1) is 8.58. The number of aliphatic hydroxyl groups excluding tert-OH is 1. The fourth-order valence-corrected chi connectivity index (χ4v) is 2.43. The molecule has 0 spiro atoms. The van der Waals surface area contributed by atoms with Gasteiger partial charge >= 0.3 is 0 Å². The molecule has 0 aliphatic carbocycles. The van der Waals surface area contributed by atoms with E-state index in [0.717, 1.165) is 30.0 Å². The molecule has 0 fully saturated rings. The second kappa shape index (κ2) is 5.46. The molecule has 2 aromatic rings. The molecule has 0 atom stereocenters. The zero-order chi connectivity index (χ0) is 13.1. The minimum atomic E-state index is -0.573. The second-order valence-electron chi connectivity index (χ2n) is 3.63. The van der Waals surface area contributed by atoms with Crippen molar-refractivity contribution in [2.45, 2.75) is 16.4 Å². The Morgan fingerprint density at radius 2 is 1.72 bits per heavy atom. The Balaban J connectivity index is 2.33. The maximum absolute atomic E-state index is 13.4. The lowest BCUT2D eigenvalue weighted by molar-refractivity contribution is 0.281.